The van der Waals surface area contributed by atoms with Crippen molar-refractivity contribution in [2.24, 2.45) is 11.3 Å². The second-order valence-corrected chi connectivity index (χ2v) is 12.8. The molecule has 3 atom stereocenters. The quantitative estimate of drug-likeness (QED) is 0.216. The molecule has 0 N–H and O–H groups in total. The molecule has 2 aliphatic rings. The Hall–Kier alpha value is -3.37. The summed E-state index contributed by atoms with van der Waals surface area (Å²) in [6.07, 6.45) is 5.04. The Morgan fingerprint density at radius 1 is 0.825 bits per heavy atom. The zero-order chi connectivity index (χ0) is 27.9. The highest BCUT2D eigenvalue weighted by atomic mass is 79.9. The van der Waals surface area contributed by atoms with Crippen LogP contribution in [0.3, 0.4) is 0 Å². The summed E-state index contributed by atoms with van der Waals surface area (Å²) in [6, 6.07) is 34.9. The van der Waals surface area contributed by atoms with E-state index < -0.39 is 5.41 Å². The van der Waals surface area contributed by atoms with E-state index in [-0.39, 0.29) is 17.3 Å². The van der Waals surface area contributed by atoms with Crippen molar-refractivity contribution in [3.05, 3.63) is 113 Å². The topological polar surface area (TPSA) is 29.5 Å². The molecule has 0 spiro atoms. The van der Waals surface area contributed by atoms with Gasteiger partial charge >= 0.3 is 5.97 Å². The van der Waals surface area contributed by atoms with Crippen molar-refractivity contribution < 1.29 is 9.53 Å². The molecule has 204 valence electrons. The number of benzene rings is 4. The summed E-state index contributed by atoms with van der Waals surface area (Å²) in [5.41, 5.74) is 8.16. The highest BCUT2D eigenvalue weighted by Gasteiger charge is 2.55. The molecule has 6 rings (SSSR count). The van der Waals surface area contributed by atoms with E-state index >= 15 is 0 Å². The van der Waals surface area contributed by atoms with E-state index in [1.807, 2.05) is 0 Å². The number of carbonyl (C=O) groups excluding carboxylic acids is 1. The molecular formula is C36H36BrNO2. The first-order chi connectivity index (χ1) is 19.3. The standard InChI is InChI=1S/C36H36BrNO2/c1-35-22-7-23-36(2,34(39)40-3)33(35)21-14-27-24-31(19-20-32(27)35)38(29-8-5-4-6-9-29)30-17-12-26(13-18-30)25-10-15-28(37)16-11-25/h4-6,8-13,15-20,24,33H,7,14,21-23H2,1-3H3/t33-,35-,36-/m1/s1. The molecule has 40 heavy (non-hydrogen) atoms. The summed E-state index contributed by atoms with van der Waals surface area (Å²) < 4.78 is 6.40. The van der Waals surface area contributed by atoms with Gasteiger partial charge in [-0.1, -0.05) is 77.8 Å². The number of para-hydroxylation sites is 1. The summed E-state index contributed by atoms with van der Waals surface area (Å²) in [6.45, 7) is 4.51. The monoisotopic (exact) mass is 593 g/mol. The van der Waals surface area contributed by atoms with Crippen LogP contribution in [0.25, 0.3) is 11.1 Å². The largest absolute Gasteiger partial charge is 0.469 e. The van der Waals surface area contributed by atoms with Crippen molar-refractivity contribution in [2.75, 3.05) is 12.0 Å². The molecule has 0 amide bonds. The van der Waals surface area contributed by atoms with Crippen molar-refractivity contribution in [3.8, 4) is 11.1 Å². The SMILES string of the molecule is COC(=O)[C@]1(C)CCC[C@]2(C)c3ccc(N(c4ccccc4)c4ccc(-c5ccc(Br)cc5)cc4)cc3CC[C@@H]12. The van der Waals surface area contributed by atoms with Crippen molar-refractivity contribution in [1.82, 2.24) is 0 Å². The number of rotatable bonds is 5. The highest BCUT2D eigenvalue weighted by molar-refractivity contribution is 9.10. The van der Waals surface area contributed by atoms with Gasteiger partial charge in [0.1, 0.15) is 0 Å². The molecule has 4 aromatic carbocycles. The molecule has 0 radical (unpaired) electrons. The summed E-state index contributed by atoms with van der Waals surface area (Å²) in [5, 5.41) is 0. The maximum absolute atomic E-state index is 13.0. The number of aryl methyl sites for hydroxylation is 1. The zero-order valence-electron chi connectivity index (χ0n) is 23.5. The summed E-state index contributed by atoms with van der Waals surface area (Å²) in [4.78, 5) is 15.3. The summed E-state index contributed by atoms with van der Waals surface area (Å²) >= 11 is 3.54. The minimum Gasteiger partial charge on any atom is -0.469 e. The molecule has 0 unspecified atom stereocenters. The Morgan fingerprint density at radius 3 is 2.12 bits per heavy atom. The summed E-state index contributed by atoms with van der Waals surface area (Å²) in [7, 11) is 1.53. The van der Waals surface area contributed by atoms with Crippen molar-refractivity contribution >= 4 is 39.0 Å². The Kier molecular flexibility index (Phi) is 7.08. The lowest BCUT2D eigenvalue weighted by Crippen LogP contribution is -2.52. The molecule has 1 saturated carbocycles. The van der Waals surface area contributed by atoms with Gasteiger partial charge in [-0.15, -0.1) is 0 Å². The Labute approximate surface area is 246 Å². The predicted molar refractivity (Wildman–Crippen MR) is 167 cm³/mol. The molecule has 3 nitrogen and oxygen atoms in total. The third-order valence-corrected chi connectivity index (χ3v) is 10.1. The molecule has 0 aliphatic heterocycles. The number of hydrogen-bond acceptors (Lipinski definition) is 3. The van der Waals surface area contributed by atoms with E-state index in [1.165, 1.54) is 29.4 Å². The second kappa shape index (κ2) is 10.6. The second-order valence-electron chi connectivity index (χ2n) is 11.8. The van der Waals surface area contributed by atoms with Gasteiger partial charge in [0.05, 0.1) is 12.5 Å². The van der Waals surface area contributed by atoms with Crippen molar-refractivity contribution in [3.63, 3.8) is 0 Å². The molecule has 0 saturated heterocycles. The van der Waals surface area contributed by atoms with Gasteiger partial charge in [0.2, 0.25) is 0 Å². The van der Waals surface area contributed by atoms with Crippen LogP contribution in [0.5, 0.6) is 0 Å². The van der Waals surface area contributed by atoms with Crippen molar-refractivity contribution in [2.45, 2.75) is 51.4 Å². The molecule has 4 heteroatoms. The first kappa shape index (κ1) is 26.8. The molecule has 4 aromatic rings. The number of nitrogens with zero attached hydrogens (tertiary/aromatic N) is 1. The third-order valence-electron chi connectivity index (χ3n) is 9.56. The lowest BCUT2D eigenvalue weighted by molar-refractivity contribution is -0.161. The van der Waals surface area contributed by atoms with Crippen LogP contribution in [0.4, 0.5) is 17.1 Å². The number of esters is 1. The minimum atomic E-state index is -0.426. The first-order valence-electron chi connectivity index (χ1n) is 14.3. The number of anilines is 3. The number of carbonyl (C=O) groups is 1. The van der Waals surface area contributed by atoms with E-state index in [9.17, 15) is 4.79 Å². The normalized spacial score (nSPS) is 23.6. The van der Waals surface area contributed by atoms with Gasteiger partial charge in [-0.3, -0.25) is 4.79 Å². The fraction of sp³-hybridized carbons (Fsp3) is 0.306. The van der Waals surface area contributed by atoms with Crippen molar-refractivity contribution in [1.29, 1.82) is 0 Å². The molecule has 2 aliphatic carbocycles. The zero-order valence-corrected chi connectivity index (χ0v) is 25.1. The van der Waals surface area contributed by atoms with Crippen LogP contribution in [0.2, 0.25) is 0 Å². The Morgan fingerprint density at radius 2 is 1.45 bits per heavy atom. The number of hydrogen-bond donors (Lipinski definition) is 0. The van der Waals surface area contributed by atoms with E-state index in [0.717, 1.165) is 53.6 Å². The molecule has 0 bridgehead atoms. The summed E-state index contributed by atoms with van der Waals surface area (Å²) in [5.74, 6) is 0.237. The van der Waals surface area contributed by atoms with Crippen LogP contribution < -0.4 is 4.90 Å². The van der Waals surface area contributed by atoms with Gasteiger partial charge in [-0.25, -0.2) is 0 Å². The number of methoxy groups -OCH3 is 1. The highest BCUT2D eigenvalue weighted by Crippen LogP contribution is 2.58. The maximum atomic E-state index is 13.0. The van der Waals surface area contributed by atoms with Gasteiger partial charge in [0.25, 0.3) is 0 Å². The van der Waals surface area contributed by atoms with Crippen LogP contribution in [0.1, 0.15) is 50.7 Å². The molecule has 0 heterocycles. The fourth-order valence-corrected chi connectivity index (χ4v) is 7.83. The lowest BCUT2D eigenvalue weighted by atomic mass is 9.50. The van der Waals surface area contributed by atoms with Crippen LogP contribution in [-0.2, 0) is 21.4 Å². The van der Waals surface area contributed by atoms with Gasteiger partial charge in [-0.05, 0) is 115 Å². The first-order valence-corrected chi connectivity index (χ1v) is 15.1. The smallest absolute Gasteiger partial charge is 0.311 e. The average molecular weight is 595 g/mol. The molecule has 0 aromatic heterocycles. The third kappa shape index (κ3) is 4.56. The van der Waals surface area contributed by atoms with Crippen LogP contribution >= 0.6 is 15.9 Å². The van der Waals surface area contributed by atoms with E-state index in [4.69, 9.17) is 4.74 Å². The predicted octanol–water partition coefficient (Wildman–Crippen LogP) is 9.77. The fourth-order valence-electron chi connectivity index (χ4n) is 7.56. The molecular weight excluding hydrogens is 558 g/mol. The van der Waals surface area contributed by atoms with Crippen LogP contribution in [0.15, 0.2) is 102 Å². The van der Waals surface area contributed by atoms with Gasteiger partial charge in [-0.2, -0.15) is 0 Å². The lowest BCUT2D eigenvalue weighted by Gasteiger charge is -2.54. The minimum absolute atomic E-state index is 0.0305. The van der Waals surface area contributed by atoms with Gasteiger partial charge in [0.15, 0.2) is 0 Å². The molecule has 1 fully saturated rings. The average Bonchev–Trinajstić information content (AvgIpc) is 2.98. The Balaban J connectivity index is 1.39. The van der Waals surface area contributed by atoms with Crippen LogP contribution in [0, 0.1) is 11.3 Å². The maximum Gasteiger partial charge on any atom is 0.311 e. The van der Waals surface area contributed by atoms with Crippen LogP contribution in [-0.4, -0.2) is 13.1 Å². The van der Waals surface area contributed by atoms with E-state index in [0.29, 0.717) is 0 Å². The number of halogens is 1. The van der Waals surface area contributed by atoms with Gasteiger partial charge in [0, 0.05) is 21.5 Å². The number of ether oxygens (including phenoxy) is 1. The van der Waals surface area contributed by atoms with E-state index in [2.05, 4.69) is 132 Å². The Bertz CT molecular complexity index is 1520. The van der Waals surface area contributed by atoms with E-state index in [1.54, 1.807) is 0 Å². The van der Waals surface area contributed by atoms with Gasteiger partial charge < -0.3 is 9.64 Å². The number of fused-ring (bicyclic) bond motifs is 3.